The maximum atomic E-state index is 13.4. The number of para-hydroxylation sites is 1. The number of carbonyl (C=O) groups excluding carboxylic acids is 2. The number of aryl methyl sites for hydroxylation is 1. The van der Waals surface area contributed by atoms with Crippen molar-refractivity contribution in [3.63, 3.8) is 0 Å². The lowest BCUT2D eigenvalue weighted by Gasteiger charge is -2.15. The average molecular weight is 558 g/mol. The Labute approximate surface area is 234 Å². The monoisotopic (exact) mass is 557 g/mol. The molecule has 4 aromatic carbocycles. The fraction of sp³-hybridized carbons (Fsp3) is 0.161. The first kappa shape index (κ1) is 28.4. The third-order valence-electron chi connectivity index (χ3n) is 6.24. The molecule has 0 atom stereocenters. The zero-order valence-electron chi connectivity index (χ0n) is 22.3. The molecule has 3 N–H and O–H groups in total. The number of ether oxygens (including phenoxy) is 1. The van der Waals surface area contributed by atoms with Crippen molar-refractivity contribution >= 4 is 33.0 Å². The quantitative estimate of drug-likeness (QED) is 0.243. The van der Waals surface area contributed by atoms with Gasteiger partial charge in [-0.15, -0.1) is 0 Å². The van der Waals surface area contributed by atoms with Gasteiger partial charge in [0.05, 0.1) is 40.4 Å². The summed E-state index contributed by atoms with van der Waals surface area (Å²) in [4.78, 5) is 25.8. The molecule has 0 bridgehead atoms. The number of hydrogen-bond donors (Lipinski definition) is 3. The Bertz CT molecular complexity index is 1590. The van der Waals surface area contributed by atoms with E-state index >= 15 is 0 Å². The Morgan fingerprint density at radius 1 is 0.825 bits per heavy atom. The van der Waals surface area contributed by atoms with Crippen LogP contribution in [-0.2, 0) is 21.1 Å². The van der Waals surface area contributed by atoms with Crippen LogP contribution in [0.4, 0.5) is 11.4 Å². The second-order valence-corrected chi connectivity index (χ2v) is 11.0. The van der Waals surface area contributed by atoms with Crippen molar-refractivity contribution in [3.8, 4) is 5.75 Å². The van der Waals surface area contributed by atoms with Gasteiger partial charge < -0.3 is 20.7 Å². The number of sulfone groups is 1. The van der Waals surface area contributed by atoms with Crippen LogP contribution in [0.3, 0.4) is 0 Å². The van der Waals surface area contributed by atoms with Gasteiger partial charge in [0, 0.05) is 12.6 Å². The summed E-state index contributed by atoms with van der Waals surface area (Å²) in [6, 6.07) is 27.7. The van der Waals surface area contributed by atoms with Crippen LogP contribution >= 0.6 is 0 Å². The van der Waals surface area contributed by atoms with Crippen molar-refractivity contribution in [2.75, 3.05) is 30.8 Å². The highest BCUT2D eigenvalue weighted by molar-refractivity contribution is 7.91. The van der Waals surface area contributed by atoms with Crippen molar-refractivity contribution in [2.24, 2.45) is 0 Å². The summed E-state index contributed by atoms with van der Waals surface area (Å²) in [7, 11) is -2.45. The number of methoxy groups -OCH3 is 1. The van der Waals surface area contributed by atoms with E-state index in [1.54, 1.807) is 60.7 Å². The van der Waals surface area contributed by atoms with Gasteiger partial charge in [0.25, 0.3) is 5.91 Å². The molecule has 40 heavy (non-hydrogen) atoms. The van der Waals surface area contributed by atoms with Gasteiger partial charge >= 0.3 is 0 Å². The summed E-state index contributed by atoms with van der Waals surface area (Å²) in [5.41, 5.74) is 2.98. The number of hydrogen-bond acceptors (Lipinski definition) is 6. The first-order valence-corrected chi connectivity index (χ1v) is 14.2. The molecule has 4 aromatic rings. The van der Waals surface area contributed by atoms with Crippen molar-refractivity contribution < 1.29 is 22.7 Å². The van der Waals surface area contributed by atoms with E-state index in [0.717, 1.165) is 11.1 Å². The topological polar surface area (TPSA) is 114 Å². The van der Waals surface area contributed by atoms with Crippen LogP contribution in [-0.4, -0.2) is 40.4 Å². The van der Waals surface area contributed by atoms with Crippen molar-refractivity contribution in [3.05, 3.63) is 114 Å². The van der Waals surface area contributed by atoms with E-state index in [2.05, 4.69) is 16.0 Å². The summed E-state index contributed by atoms with van der Waals surface area (Å²) in [6.45, 7) is 2.09. The van der Waals surface area contributed by atoms with Gasteiger partial charge in [0.1, 0.15) is 5.75 Å². The van der Waals surface area contributed by atoms with Crippen molar-refractivity contribution in [2.45, 2.75) is 23.1 Å². The Morgan fingerprint density at radius 2 is 1.52 bits per heavy atom. The first-order valence-electron chi connectivity index (χ1n) is 12.7. The first-order chi connectivity index (χ1) is 19.3. The smallest absolute Gasteiger partial charge is 0.253 e. The molecule has 4 rings (SSSR count). The maximum Gasteiger partial charge on any atom is 0.253 e. The lowest BCUT2D eigenvalue weighted by Crippen LogP contribution is -2.28. The summed E-state index contributed by atoms with van der Waals surface area (Å²) in [5.74, 6) is -0.381. The van der Waals surface area contributed by atoms with E-state index in [-0.39, 0.29) is 27.9 Å². The molecule has 0 aliphatic heterocycles. The van der Waals surface area contributed by atoms with Crippen LogP contribution in [0.25, 0.3) is 0 Å². The molecular formula is C31H31N3O5S. The molecule has 0 aliphatic carbocycles. The van der Waals surface area contributed by atoms with Gasteiger partial charge in [-0.1, -0.05) is 60.2 Å². The third kappa shape index (κ3) is 7.06. The predicted octanol–water partition coefficient (Wildman–Crippen LogP) is 4.86. The zero-order valence-corrected chi connectivity index (χ0v) is 23.1. The lowest BCUT2D eigenvalue weighted by atomic mass is 10.1. The minimum absolute atomic E-state index is 0.0123. The van der Waals surface area contributed by atoms with Gasteiger partial charge in [0.2, 0.25) is 15.7 Å². The summed E-state index contributed by atoms with van der Waals surface area (Å²) < 4.78 is 32.1. The molecular weight excluding hydrogens is 526 g/mol. The number of benzene rings is 4. The van der Waals surface area contributed by atoms with Crippen LogP contribution in [0, 0.1) is 6.92 Å². The SMILES string of the molecule is COc1ccc(NCC(=O)Nc2ccccc2C(=O)NCCc2ccccc2)c(S(=O)(=O)c2ccc(C)cc2)c1. The van der Waals surface area contributed by atoms with Gasteiger partial charge in [-0.25, -0.2) is 8.42 Å². The van der Waals surface area contributed by atoms with Crippen LogP contribution < -0.4 is 20.7 Å². The lowest BCUT2D eigenvalue weighted by molar-refractivity contribution is -0.114. The molecule has 0 saturated heterocycles. The van der Waals surface area contributed by atoms with Crippen LogP contribution in [0.5, 0.6) is 5.75 Å². The average Bonchev–Trinajstić information content (AvgIpc) is 2.97. The Morgan fingerprint density at radius 3 is 2.25 bits per heavy atom. The molecule has 0 aliphatic rings. The minimum atomic E-state index is -3.90. The largest absolute Gasteiger partial charge is 0.497 e. The van der Waals surface area contributed by atoms with Gasteiger partial charge in [-0.3, -0.25) is 9.59 Å². The van der Waals surface area contributed by atoms with Gasteiger partial charge in [-0.05, 0) is 55.3 Å². The molecule has 0 fully saturated rings. The molecule has 0 radical (unpaired) electrons. The molecule has 9 heteroatoms. The second-order valence-electron chi connectivity index (χ2n) is 9.12. The molecule has 0 heterocycles. The molecule has 0 spiro atoms. The molecule has 206 valence electrons. The molecule has 8 nitrogen and oxygen atoms in total. The zero-order chi connectivity index (χ0) is 28.5. The fourth-order valence-electron chi connectivity index (χ4n) is 4.06. The van der Waals surface area contributed by atoms with E-state index in [9.17, 15) is 18.0 Å². The molecule has 0 unspecified atom stereocenters. The van der Waals surface area contributed by atoms with Crippen LogP contribution in [0.2, 0.25) is 0 Å². The second kappa shape index (κ2) is 12.9. The van der Waals surface area contributed by atoms with E-state index in [0.29, 0.717) is 30.0 Å². The standard InChI is InChI=1S/C31H31N3O5S/c1-22-12-15-25(16-13-22)40(37,38)29-20-24(39-2)14-17-28(29)33-21-30(35)34-27-11-7-6-10-26(27)31(36)32-19-18-23-8-4-3-5-9-23/h3-17,20,33H,18-19,21H2,1-2H3,(H,32,36)(H,34,35). The molecule has 0 saturated carbocycles. The van der Waals surface area contributed by atoms with Crippen molar-refractivity contribution in [1.82, 2.24) is 5.32 Å². The number of carbonyl (C=O) groups is 2. The fourth-order valence-corrected chi connectivity index (χ4v) is 5.51. The molecule has 0 aromatic heterocycles. The summed E-state index contributed by atoms with van der Waals surface area (Å²) >= 11 is 0. The van der Waals surface area contributed by atoms with E-state index in [1.165, 1.54) is 13.2 Å². The minimum Gasteiger partial charge on any atom is -0.497 e. The maximum absolute atomic E-state index is 13.4. The highest BCUT2D eigenvalue weighted by Crippen LogP contribution is 2.31. The number of nitrogens with one attached hydrogen (secondary N) is 3. The predicted molar refractivity (Wildman–Crippen MR) is 156 cm³/mol. The van der Waals surface area contributed by atoms with Crippen molar-refractivity contribution in [1.29, 1.82) is 0 Å². The summed E-state index contributed by atoms with van der Waals surface area (Å²) in [5, 5.41) is 8.57. The highest BCUT2D eigenvalue weighted by Gasteiger charge is 2.23. The number of amides is 2. The highest BCUT2D eigenvalue weighted by atomic mass is 32.2. The van der Waals surface area contributed by atoms with Crippen LogP contribution in [0.15, 0.2) is 107 Å². The van der Waals surface area contributed by atoms with E-state index < -0.39 is 15.7 Å². The normalized spacial score (nSPS) is 10.9. The molecule has 2 amide bonds. The summed E-state index contributed by atoms with van der Waals surface area (Å²) in [6.07, 6.45) is 0.681. The Balaban J connectivity index is 1.44. The Kier molecular flexibility index (Phi) is 9.19. The number of rotatable bonds is 11. The van der Waals surface area contributed by atoms with Gasteiger partial charge in [-0.2, -0.15) is 0 Å². The third-order valence-corrected chi connectivity index (χ3v) is 8.05. The van der Waals surface area contributed by atoms with Crippen LogP contribution in [0.1, 0.15) is 21.5 Å². The van der Waals surface area contributed by atoms with E-state index in [4.69, 9.17) is 4.74 Å². The van der Waals surface area contributed by atoms with Gasteiger partial charge in [0.15, 0.2) is 0 Å². The number of anilines is 2. The van der Waals surface area contributed by atoms with E-state index in [1.807, 2.05) is 37.3 Å². The Hall–Kier alpha value is -4.63.